The molecule has 2 aromatic carbocycles. The minimum Gasteiger partial charge on any atom is -0.325 e. The van der Waals surface area contributed by atoms with Crippen molar-refractivity contribution in [2.75, 3.05) is 10.6 Å². The third-order valence-corrected chi connectivity index (χ3v) is 3.83. The number of nitrogens with one attached hydrogen (secondary N) is 2. The predicted octanol–water partition coefficient (Wildman–Crippen LogP) is 4.33. The van der Waals surface area contributed by atoms with Gasteiger partial charge in [-0.15, -0.1) is 12.4 Å². The SMILES string of the molecule is CC(C)C[C@H](N)C(=O)Nc1ccc(NC(=O)c2ccc(Cl)cc2)cc1.Cl. The maximum Gasteiger partial charge on any atom is 0.255 e. The van der Waals surface area contributed by atoms with Gasteiger partial charge in [-0.05, 0) is 60.9 Å². The van der Waals surface area contributed by atoms with E-state index in [1.54, 1.807) is 48.5 Å². The van der Waals surface area contributed by atoms with Gasteiger partial charge in [0, 0.05) is 22.0 Å². The Hall–Kier alpha value is -2.08. The molecule has 2 rings (SSSR count). The van der Waals surface area contributed by atoms with Gasteiger partial charge in [-0.1, -0.05) is 25.4 Å². The second-order valence-electron chi connectivity index (χ2n) is 6.26. The van der Waals surface area contributed by atoms with Crippen LogP contribution >= 0.6 is 24.0 Å². The standard InChI is InChI=1S/C19H22ClN3O2.ClH/c1-12(2)11-17(21)19(25)23-16-9-7-15(8-10-16)22-18(24)13-3-5-14(20)6-4-13;/h3-10,12,17H,11,21H2,1-2H3,(H,22,24)(H,23,25);1H/t17-;/m0./s1. The van der Waals surface area contributed by atoms with Crippen LogP contribution in [0.2, 0.25) is 5.02 Å². The van der Waals surface area contributed by atoms with Crippen LogP contribution in [0.15, 0.2) is 48.5 Å². The van der Waals surface area contributed by atoms with E-state index < -0.39 is 6.04 Å². The second-order valence-corrected chi connectivity index (χ2v) is 6.70. The quantitative estimate of drug-likeness (QED) is 0.680. The van der Waals surface area contributed by atoms with Gasteiger partial charge in [-0.3, -0.25) is 9.59 Å². The molecule has 5 nitrogen and oxygen atoms in total. The first-order valence-corrected chi connectivity index (χ1v) is 8.46. The Morgan fingerprint density at radius 3 is 1.96 bits per heavy atom. The zero-order chi connectivity index (χ0) is 18.4. The third kappa shape index (κ3) is 6.67. The molecular weight excluding hydrogens is 373 g/mol. The van der Waals surface area contributed by atoms with E-state index in [-0.39, 0.29) is 24.2 Å². The first-order valence-electron chi connectivity index (χ1n) is 8.08. The molecule has 26 heavy (non-hydrogen) atoms. The molecule has 0 fully saturated rings. The van der Waals surface area contributed by atoms with Crippen LogP contribution in [0.25, 0.3) is 0 Å². The summed E-state index contributed by atoms with van der Waals surface area (Å²) in [4.78, 5) is 24.1. The zero-order valence-electron chi connectivity index (χ0n) is 14.7. The van der Waals surface area contributed by atoms with Crippen LogP contribution in [0.3, 0.4) is 0 Å². The molecule has 2 amide bonds. The molecular formula is C19H23Cl2N3O2. The van der Waals surface area contributed by atoms with Crippen molar-refractivity contribution >= 4 is 47.2 Å². The number of hydrogen-bond donors (Lipinski definition) is 3. The van der Waals surface area contributed by atoms with Gasteiger partial charge < -0.3 is 16.4 Å². The summed E-state index contributed by atoms with van der Waals surface area (Å²) in [7, 11) is 0. The van der Waals surface area contributed by atoms with Gasteiger partial charge in [0.15, 0.2) is 0 Å². The minimum absolute atomic E-state index is 0. The molecule has 0 spiro atoms. The van der Waals surface area contributed by atoms with Gasteiger partial charge in [0.2, 0.25) is 5.91 Å². The van der Waals surface area contributed by atoms with Gasteiger partial charge >= 0.3 is 0 Å². The second kappa shape index (κ2) is 10.2. The fraction of sp³-hybridized carbons (Fsp3) is 0.263. The molecule has 4 N–H and O–H groups in total. The number of halogens is 2. The molecule has 140 valence electrons. The Labute approximate surface area is 164 Å². The Morgan fingerprint density at radius 2 is 1.46 bits per heavy atom. The number of carbonyl (C=O) groups is 2. The predicted molar refractivity (Wildman–Crippen MR) is 109 cm³/mol. The lowest BCUT2D eigenvalue weighted by molar-refractivity contribution is -0.117. The van der Waals surface area contributed by atoms with E-state index in [0.717, 1.165) is 0 Å². The lowest BCUT2D eigenvalue weighted by Crippen LogP contribution is -2.36. The largest absolute Gasteiger partial charge is 0.325 e. The Morgan fingerprint density at radius 1 is 0.962 bits per heavy atom. The summed E-state index contributed by atoms with van der Waals surface area (Å²) in [6, 6.07) is 13.0. The summed E-state index contributed by atoms with van der Waals surface area (Å²) in [5.41, 5.74) is 7.64. The van der Waals surface area contributed by atoms with Gasteiger partial charge in [-0.2, -0.15) is 0 Å². The molecule has 2 aromatic rings. The Balaban J connectivity index is 0.00000338. The summed E-state index contributed by atoms with van der Waals surface area (Å²) in [6.45, 7) is 4.04. The van der Waals surface area contributed by atoms with Crippen molar-refractivity contribution in [2.24, 2.45) is 11.7 Å². The number of carbonyl (C=O) groups excluding carboxylic acids is 2. The third-order valence-electron chi connectivity index (χ3n) is 3.58. The van der Waals surface area contributed by atoms with E-state index in [1.165, 1.54) is 0 Å². The molecule has 7 heteroatoms. The minimum atomic E-state index is -0.538. The first-order chi connectivity index (χ1) is 11.8. The van der Waals surface area contributed by atoms with Gasteiger partial charge in [0.05, 0.1) is 6.04 Å². The number of rotatable bonds is 6. The van der Waals surface area contributed by atoms with Crippen molar-refractivity contribution in [1.29, 1.82) is 0 Å². The van der Waals surface area contributed by atoms with E-state index in [1.807, 2.05) is 13.8 Å². The first kappa shape index (κ1) is 22.0. The van der Waals surface area contributed by atoms with E-state index in [2.05, 4.69) is 10.6 Å². The molecule has 0 saturated carbocycles. The highest BCUT2D eigenvalue weighted by Gasteiger charge is 2.15. The molecule has 0 aliphatic heterocycles. The lowest BCUT2D eigenvalue weighted by atomic mass is 10.0. The van der Waals surface area contributed by atoms with Crippen LogP contribution in [-0.4, -0.2) is 17.9 Å². The van der Waals surface area contributed by atoms with Crippen LogP contribution in [0.4, 0.5) is 11.4 Å². The van der Waals surface area contributed by atoms with Crippen molar-refractivity contribution in [3.05, 3.63) is 59.1 Å². The molecule has 1 atom stereocenters. The highest BCUT2D eigenvalue weighted by molar-refractivity contribution is 6.30. The summed E-state index contributed by atoms with van der Waals surface area (Å²) >= 11 is 5.81. The molecule has 0 aliphatic rings. The fourth-order valence-corrected chi connectivity index (χ4v) is 2.42. The lowest BCUT2D eigenvalue weighted by Gasteiger charge is -2.14. The number of benzene rings is 2. The van der Waals surface area contributed by atoms with Crippen LogP contribution in [0, 0.1) is 5.92 Å². The number of amides is 2. The molecule has 0 bridgehead atoms. The monoisotopic (exact) mass is 395 g/mol. The molecule has 0 aliphatic carbocycles. The highest BCUT2D eigenvalue weighted by atomic mass is 35.5. The maximum atomic E-state index is 12.1. The maximum absolute atomic E-state index is 12.1. The summed E-state index contributed by atoms with van der Waals surface area (Å²) < 4.78 is 0. The Kier molecular flexibility index (Phi) is 8.58. The smallest absolute Gasteiger partial charge is 0.255 e. The van der Waals surface area contributed by atoms with Crippen molar-refractivity contribution < 1.29 is 9.59 Å². The number of anilines is 2. The topological polar surface area (TPSA) is 84.2 Å². The molecule has 0 heterocycles. The summed E-state index contributed by atoms with van der Waals surface area (Å²) in [6.07, 6.45) is 0.626. The zero-order valence-corrected chi connectivity index (χ0v) is 16.2. The van der Waals surface area contributed by atoms with Gasteiger partial charge in [0.25, 0.3) is 5.91 Å². The number of nitrogens with two attached hydrogens (primary N) is 1. The van der Waals surface area contributed by atoms with Crippen LogP contribution in [0.5, 0.6) is 0 Å². The van der Waals surface area contributed by atoms with E-state index >= 15 is 0 Å². The molecule has 0 radical (unpaired) electrons. The van der Waals surface area contributed by atoms with E-state index in [0.29, 0.717) is 34.3 Å². The van der Waals surface area contributed by atoms with Crippen molar-refractivity contribution in [2.45, 2.75) is 26.3 Å². The van der Waals surface area contributed by atoms with Crippen molar-refractivity contribution in [1.82, 2.24) is 0 Å². The van der Waals surface area contributed by atoms with Crippen molar-refractivity contribution in [3.63, 3.8) is 0 Å². The van der Waals surface area contributed by atoms with Crippen molar-refractivity contribution in [3.8, 4) is 0 Å². The molecule has 0 unspecified atom stereocenters. The fourth-order valence-electron chi connectivity index (χ4n) is 2.29. The Bertz CT molecular complexity index is 731. The highest BCUT2D eigenvalue weighted by Crippen LogP contribution is 2.16. The molecule has 0 saturated heterocycles. The number of hydrogen-bond acceptors (Lipinski definition) is 3. The molecule has 0 aromatic heterocycles. The van der Waals surface area contributed by atoms with Crippen LogP contribution in [0.1, 0.15) is 30.6 Å². The van der Waals surface area contributed by atoms with E-state index in [4.69, 9.17) is 17.3 Å². The summed E-state index contributed by atoms with van der Waals surface area (Å²) in [5.74, 6) is -0.0923. The average Bonchev–Trinajstić information content (AvgIpc) is 2.56. The van der Waals surface area contributed by atoms with Crippen LogP contribution < -0.4 is 16.4 Å². The van der Waals surface area contributed by atoms with Gasteiger partial charge in [-0.25, -0.2) is 0 Å². The van der Waals surface area contributed by atoms with Crippen LogP contribution in [-0.2, 0) is 4.79 Å². The summed E-state index contributed by atoms with van der Waals surface area (Å²) in [5, 5.41) is 6.14. The normalized spacial score (nSPS) is 11.4. The average molecular weight is 396 g/mol. The van der Waals surface area contributed by atoms with E-state index in [9.17, 15) is 9.59 Å². The van der Waals surface area contributed by atoms with Gasteiger partial charge in [0.1, 0.15) is 0 Å².